The Labute approximate surface area is 103 Å². The quantitative estimate of drug-likeness (QED) is 0.834. The second kappa shape index (κ2) is 4.38. The minimum atomic E-state index is 0.196. The molecule has 1 aliphatic carbocycles. The summed E-state index contributed by atoms with van der Waals surface area (Å²) in [5.41, 5.74) is 9.98. The van der Waals surface area contributed by atoms with Gasteiger partial charge in [-0.3, -0.25) is 0 Å². The van der Waals surface area contributed by atoms with Crippen LogP contribution < -0.4 is 5.73 Å². The normalized spacial score (nSPS) is 19.0. The molecule has 0 aliphatic heterocycles. The van der Waals surface area contributed by atoms with Gasteiger partial charge in [0, 0.05) is 17.0 Å². The zero-order chi connectivity index (χ0) is 11.8. The van der Waals surface area contributed by atoms with Gasteiger partial charge in [0.1, 0.15) is 0 Å². The van der Waals surface area contributed by atoms with Gasteiger partial charge in [-0.05, 0) is 43.4 Å². The summed E-state index contributed by atoms with van der Waals surface area (Å²) in [4.78, 5) is 0. The number of hydrogen-bond donors (Lipinski definition) is 1. The van der Waals surface area contributed by atoms with Crippen molar-refractivity contribution >= 4 is 11.6 Å². The summed E-state index contributed by atoms with van der Waals surface area (Å²) in [6, 6.07) is 4.36. The molecular formula is C14H20ClN. The molecule has 0 heterocycles. The van der Waals surface area contributed by atoms with E-state index in [1.165, 1.54) is 36.8 Å². The van der Waals surface area contributed by atoms with Crippen LogP contribution in [0.1, 0.15) is 42.4 Å². The lowest BCUT2D eigenvalue weighted by Gasteiger charge is -2.30. The van der Waals surface area contributed by atoms with E-state index < -0.39 is 0 Å². The van der Waals surface area contributed by atoms with Gasteiger partial charge in [-0.2, -0.15) is 0 Å². The van der Waals surface area contributed by atoms with Gasteiger partial charge in [-0.25, -0.2) is 0 Å². The van der Waals surface area contributed by atoms with E-state index in [-0.39, 0.29) is 5.41 Å². The van der Waals surface area contributed by atoms with Gasteiger partial charge in [-0.15, -0.1) is 0 Å². The number of nitrogens with two attached hydrogens (primary N) is 1. The average molecular weight is 238 g/mol. The van der Waals surface area contributed by atoms with Gasteiger partial charge in [0.05, 0.1) is 0 Å². The van der Waals surface area contributed by atoms with E-state index in [9.17, 15) is 0 Å². The van der Waals surface area contributed by atoms with Gasteiger partial charge in [0.2, 0.25) is 0 Å². The third-order valence-electron chi connectivity index (χ3n) is 4.10. The molecule has 0 bridgehead atoms. The van der Waals surface area contributed by atoms with Crippen molar-refractivity contribution in [3.63, 3.8) is 0 Å². The number of aryl methyl sites for hydroxylation is 1. The monoisotopic (exact) mass is 237 g/mol. The predicted octanol–water partition coefficient (Wildman–Crippen LogP) is 3.73. The van der Waals surface area contributed by atoms with Crippen molar-refractivity contribution in [1.29, 1.82) is 0 Å². The molecule has 0 atom stereocenters. The molecule has 0 aromatic heterocycles. The zero-order valence-corrected chi connectivity index (χ0v) is 10.9. The van der Waals surface area contributed by atoms with Crippen LogP contribution in [0.5, 0.6) is 0 Å². The smallest absolute Gasteiger partial charge is 0.0467 e. The van der Waals surface area contributed by atoms with Gasteiger partial charge >= 0.3 is 0 Å². The Balaban J connectivity index is 2.51. The first-order valence-electron chi connectivity index (χ1n) is 6.07. The number of rotatable bonds is 2. The maximum Gasteiger partial charge on any atom is 0.0467 e. The van der Waals surface area contributed by atoms with Crippen molar-refractivity contribution in [2.24, 2.45) is 5.73 Å². The van der Waals surface area contributed by atoms with Crippen LogP contribution in [0, 0.1) is 13.8 Å². The second-order valence-electron chi connectivity index (χ2n) is 5.06. The molecule has 1 nitrogen and oxygen atoms in total. The molecule has 2 rings (SSSR count). The van der Waals surface area contributed by atoms with Gasteiger partial charge in [0.25, 0.3) is 0 Å². The summed E-state index contributed by atoms with van der Waals surface area (Å²) >= 11 is 6.34. The topological polar surface area (TPSA) is 26.0 Å². The van der Waals surface area contributed by atoms with Crippen molar-refractivity contribution < 1.29 is 0 Å². The molecule has 88 valence electrons. The summed E-state index contributed by atoms with van der Waals surface area (Å²) in [7, 11) is 0. The molecule has 0 amide bonds. The second-order valence-corrected chi connectivity index (χ2v) is 5.44. The Morgan fingerprint density at radius 3 is 2.44 bits per heavy atom. The van der Waals surface area contributed by atoms with Crippen LogP contribution in [-0.2, 0) is 5.41 Å². The van der Waals surface area contributed by atoms with Crippen LogP contribution in [0.4, 0.5) is 0 Å². The Kier molecular flexibility index (Phi) is 3.27. The fraction of sp³-hybridized carbons (Fsp3) is 0.571. The average Bonchev–Trinajstić information content (AvgIpc) is 2.76. The predicted molar refractivity (Wildman–Crippen MR) is 70.1 cm³/mol. The lowest BCUT2D eigenvalue weighted by molar-refractivity contribution is 0.450. The summed E-state index contributed by atoms with van der Waals surface area (Å²) < 4.78 is 0. The van der Waals surface area contributed by atoms with Gasteiger partial charge < -0.3 is 5.73 Å². The molecule has 2 N–H and O–H groups in total. The van der Waals surface area contributed by atoms with Gasteiger partial charge in [-0.1, -0.05) is 36.6 Å². The molecule has 0 spiro atoms. The molecule has 1 aliphatic rings. The van der Waals surface area contributed by atoms with Crippen molar-refractivity contribution in [2.75, 3.05) is 6.54 Å². The van der Waals surface area contributed by atoms with E-state index in [1.54, 1.807) is 0 Å². The van der Waals surface area contributed by atoms with Crippen molar-refractivity contribution in [2.45, 2.75) is 44.9 Å². The summed E-state index contributed by atoms with van der Waals surface area (Å²) in [5.74, 6) is 0. The fourth-order valence-corrected chi connectivity index (χ4v) is 3.19. The molecule has 1 fully saturated rings. The highest BCUT2D eigenvalue weighted by atomic mass is 35.5. The summed E-state index contributed by atoms with van der Waals surface area (Å²) in [5, 5.41) is 0.914. The SMILES string of the molecule is Cc1ccc(C2(CN)CCCC2)c(C)c1Cl. The first-order chi connectivity index (χ1) is 7.60. The molecule has 1 saturated carbocycles. The first kappa shape index (κ1) is 11.9. The van der Waals surface area contributed by atoms with Gasteiger partial charge in [0.15, 0.2) is 0 Å². The van der Waals surface area contributed by atoms with Crippen LogP contribution in [0.25, 0.3) is 0 Å². The highest BCUT2D eigenvalue weighted by molar-refractivity contribution is 6.32. The van der Waals surface area contributed by atoms with Crippen LogP contribution in [-0.4, -0.2) is 6.54 Å². The minimum absolute atomic E-state index is 0.196. The molecule has 2 heteroatoms. The Hall–Kier alpha value is -0.530. The molecule has 16 heavy (non-hydrogen) atoms. The standard InChI is InChI=1S/C14H20ClN/c1-10-5-6-12(11(2)13(10)15)14(9-16)7-3-4-8-14/h5-6H,3-4,7-9,16H2,1-2H3. The molecule has 0 unspecified atom stereocenters. The number of hydrogen-bond acceptors (Lipinski definition) is 1. The molecule has 1 aromatic carbocycles. The van der Waals surface area contributed by atoms with Crippen molar-refractivity contribution in [3.8, 4) is 0 Å². The number of benzene rings is 1. The van der Waals surface area contributed by atoms with Crippen molar-refractivity contribution in [3.05, 3.63) is 33.8 Å². The van der Waals surface area contributed by atoms with E-state index in [0.717, 1.165) is 17.1 Å². The van der Waals surface area contributed by atoms with E-state index in [1.807, 2.05) is 0 Å². The maximum atomic E-state index is 6.34. The third-order valence-corrected chi connectivity index (χ3v) is 4.68. The Morgan fingerprint density at radius 2 is 1.88 bits per heavy atom. The molecular weight excluding hydrogens is 218 g/mol. The zero-order valence-electron chi connectivity index (χ0n) is 10.1. The summed E-state index contributed by atoms with van der Waals surface area (Å²) in [6.07, 6.45) is 5.01. The largest absolute Gasteiger partial charge is 0.330 e. The highest BCUT2D eigenvalue weighted by Crippen LogP contribution is 2.43. The van der Waals surface area contributed by atoms with Crippen LogP contribution in [0.2, 0.25) is 5.02 Å². The summed E-state index contributed by atoms with van der Waals surface area (Å²) in [6.45, 7) is 4.93. The lowest BCUT2D eigenvalue weighted by atomic mass is 9.76. The third kappa shape index (κ3) is 1.76. The van der Waals surface area contributed by atoms with Crippen LogP contribution in [0.3, 0.4) is 0 Å². The minimum Gasteiger partial charge on any atom is -0.330 e. The van der Waals surface area contributed by atoms with E-state index >= 15 is 0 Å². The van der Waals surface area contributed by atoms with Crippen LogP contribution in [0.15, 0.2) is 12.1 Å². The lowest BCUT2D eigenvalue weighted by Crippen LogP contribution is -2.32. The molecule has 0 radical (unpaired) electrons. The number of halogens is 1. The molecule has 1 aromatic rings. The van der Waals surface area contributed by atoms with E-state index in [4.69, 9.17) is 17.3 Å². The highest BCUT2D eigenvalue weighted by Gasteiger charge is 2.35. The Morgan fingerprint density at radius 1 is 1.25 bits per heavy atom. The first-order valence-corrected chi connectivity index (χ1v) is 6.45. The van der Waals surface area contributed by atoms with Crippen LogP contribution >= 0.6 is 11.6 Å². The van der Waals surface area contributed by atoms with Crippen molar-refractivity contribution in [1.82, 2.24) is 0 Å². The van der Waals surface area contributed by atoms with E-state index in [2.05, 4.69) is 26.0 Å². The van der Waals surface area contributed by atoms with E-state index in [0.29, 0.717) is 0 Å². The maximum absolute atomic E-state index is 6.34. The molecule has 0 saturated heterocycles. The Bertz CT molecular complexity index is 392. The fourth-order valence-electron chi connectivity index (χ4n) is 3.03.